The summed E-state index contributed by atoms with van der Waals surface area (Å²) in [4.78, 5) is 25.2. The molecule has 1 aromatic rings. The number of benzene rings is 1. The molecule has 1 aliphatic rings. The first-order chi connectivity index (χ1) is 11.0. The fourth-order valence-corrected chi connectivity index (χ4v) is 2.81. The van der Waals surface area contributed by atoms with E-state index in [0.29, 0.717) is 24.9 Å². The first-order valence-corrected chi connectivity index (χ1v) is 7.91. The van der Waals surface area contributed by atoms with Crippen molar-refractivity contribution >= 4 is 11.9 Å². The number of hydrogen-bond acceptors (Lipinski definition) is 2. The molecule has 1 atom stereocenters. The number of rotatable bonds is 6. The SMILES string of the molecule is CC(C)=C/C=C/[C@H]1CCC(=O)N1CCc1ccccc1C(=O)O. The number of aromatic carboxylic acids is 1. The molecule has 1 fully saturated rings. The van der Waals surface area contributed by atoms with Gasteiger partial charge in [0.05, 0.1) is 11.6 Å². The van der Waals surface area contributed by atoms with E-state index in [2.05, 4.69) is 6.08 Å². The molecule has 0 saturated carbocycles. The molecule has 0 bridgehead atoms. The van der Waals surface area contributed by atoms with E-state index in [9.17, 15) is 14.7 Å². The van der Waals surface area contributed by atoms with Gasteiger partial charge in [-0.05, 0) is 38.3 Å². The summed E-state index contributed by atoms with van der Waals surface area (Å²) in [7, 11) is 0. The molecule has 0 aliphatic carbocycles. The van der Waals surface area contributed by atoms with Gasteiger partial charge in [0.15, 0.2) is 0 Å². The number of likely N-dealkylation sites (tertiary alicyclic amines) is 1. The van der Waals surface area contributed by atoms with Crippen LogP contribution >= 0.6 is 0 Å². The van der Waals surface area contributed by atoms with Gasteiger partial charge in [0.1, 0.15) is 0 Å². The number of carboxylic acid groups (broad SMARTS) is 1. The second-order valence-electron chi connectivity index (χ2n) is 6.03. The topological polar surface area (TPSA) is 57.6 Å². The van der Waals surface area contributed by atoms with E-state index in [1.54, 1.807) is 12.1 Å². The summed E-state index contributed by atoms with van der Waals surface area (Å²) in [6.07, 6.45) is 8.02. The zero-order valence-corrected chi connectivity index (χ0v) is 13.7. The lowest BCUT2D eigenvalue weighted by molar-refractivity contribution is -0.128. The zero-order chi connectivity index (χ0) is 16.8. The maximum atomic E-state index is 12.1. The Labute approximate surface area is 137 Å². The summed E-state index contributed by atoms with van der Waals surface area (Å²) < 4.78 is 0. The Balaban J connectivity index is 2.06. The number of carbonyl (C=O) groups is 2. The van der Waals surface area contributed by atoms with Gasteiger partial charge in [-0.3, -0.25) is 4.79 Å². The largest absolute Gasteiger partial charge is 0.478 e. The average Bonchev–Trinajstić information content (AvgIpc) is 2.85. The number of amides is 1. The van der Waals surface area contributed by atoms with Crippen molar-refractivity contribution in [1.29, 1.82) is 0 Å². The third-order valence-electron chi connectivity index (χ3n) is 4.01. The monoisotopic (exact) mass is 313 g/mol. The molecule has 0 aromatic heterocycles. The molecule has 1 N–H and O–H groups in total. The molecule has 0 unspecified atom stereocenters. The molecule has 0 spiro atoms. The molecule has 1 amide bonds. The number of carbonyl (C=O) groups excluding carboxylic acids is 1. The van der Waals surface area contributed by atoms with Crippen LogP contribution in [0.3, 0.4) is 0 Å². The fourth-order valence-electron chi connectivity index (χ4n) is 2.81. The Bertz CT molecular complexity index is 642. The van der Waals surface area contributed by atoms with Crippen molar-refractivity contribution in [1.82, 2.24) is 4.90 Å². The highest BCUT2D eigenvalue weighted by atomic mass is 16.4. The zero-order valence-electron chi connectivity index (χ0n) is 13.7. The summed E-state index contributed by atoms with van der Waals surface area (Å²) in [5.74, 6) is -0.780. The number of hydrogen-bond donors (Lipinski definition) is 1. The van der Waals surface area contributed by atoms with Crippen LogP contribution in [0.15, 0.2) is 48.1 Å². The Morgan fingerprint density at radius 3 is 2.78 bits per heavy atom. The Morgan fingerprint density at radius 1 is 1.35 bits per heavy atom. The van der Waals surface area contributed by atoms with Gasteiger partial charge < -0.3 is 10.0 Å². The summed E-state index contributed by atoms with van der Waals surface area (Å²) in [5.41, 5.74) is 2.30. The number of nitrogens with zero attached hydrogens (tertiary/aromatic N) is 1. The molecule has 122 valence electrons. The van der Waals surface area contributed by atoms with Crippen LogP contribution in [-0.2, 0) is 11.2 Å². The van der Waals surface area contributed by atoms with Crippen LogP contribution in [0.4, 0.5) is 0 Å². The summed E-state index contributed by atoms with van der Waals surface area (Å²) in [6, 6.07) is 7.09. The van der Waals surface area contributed by atoms with Crippen molar-refractivity contribution in [3.63, 3.8) is 0 Å². The Hall–Kier alpha value is -2.36. The lowest BCUT2D eigenvalue weighted by atomic mass is 10.0. The highest BCUT2D eigenvalue weighted by molar-refractivity contribution is 5.89. The van der Waals surface area contributed by atoms with Gasteiger partial charge in [0.25, 0.3) is 0 Å². The Morgan fingerprint density at radius 2 is 2.09 bits per heavy atom. The lowest BCUT2D eigenvalue weighted by Crippen LogP contribution is -2.33. The van der Waals surface area contributed by atoms with Crippen LogP contribution < -0.4 is 0 Å². The molecular formula is C19H23NO3. The van der Waals surface area contributed by atoms with Crippen LogP contribution in [0.25, 0.3) is 0 Å². The molecule has 1 saturated heterocycles. The first-order valence-electron chi connectivity index (χ1n) is 7.91. The van der Waals surface area contributed by atoms with Crippen LogP contribution in [0.2, 0.25) is 0 Å². The minimum atomic E-state index is -0.923. The molecule has 2 rings (SSSR count). The molecule has 23 heavy (non-hydrogen) atoms. The van der Waals surface area contributed by atoms with Gasteiger partial charge in [0.2, 0.25) is 5.91 Å². The minimum Gasteiger partial charge on any atom is -0.478 e. The first kappa shape index (κ1) is 17.0. The predicted molar refractivity (Wildman–Crippen MR) is 90.4 cm³/mol. The quantitative estimate of drug-likeness (QED) is 0.818. The summed E-state index contributed by atoms with van der Waals surface area (Å²) >= 11 is 0. The van der Waals surface area contributed by atoms with E-state index in [0.717, 1.165) is 12.0 Å². The molecule has 4 heteroatoms. The van der Waals surface area contributed by atoms with E-state index in [1.165, 1.54) is 5.57 Å². The van der Waals surface area contributed by atoms with Crippen molar-refractivity contribution in [3.8, 4) is 0 Å². The van der Waals surface area contributed by atoms with E-state index >= 15 is 0 Å². The van der Waals surface area contributed by atoms with Gasteiger partial charge in [0, 0.05) is 13.0 Å². The number of carboxylic acids is 1. The van der Waals surface area contributed by atoms with E-state index in [4.69, 9.17) is 0 Å². The van der Waals surface area contributed by atoms with Gasteiger partial charge >= 0.3 is 5.97 Å². The smallest absolute Gasteiger partial charge is 0.335 e. The normalized spacial score (nSPS) is 17.7. The van der Waals surface area contributed by atoms with Gasteiger partial charge in [-0.25, -0.2) is 4.79 Å². The van der Waals surface area contributed by atoms with Crippen molar-refractivity contribution < 1.29 is 14.7 Å². The molecule has 1 aromatic carbocycles. The Kier molecular flexibility index (Phi) is 5.74. The van der Waals surface area contributed by atoms with Crippen molar-refractivity contribution in [2.24, 2.45) is 0 Å². The van der Waals surface area contributed by atoms with E-state index < -0.39 is 5.97 Å². The second-order valence-corrected chi connectivity index (χ2v) is 6.03. The van der Waals surface area contributed by atoms with Crippen molar-refractivity contribution in [3.05, 3.63) is 59.2 Å². The van der Waals surface area contributed by atoms with E-state index in [-0.39, 0.29) is 11.9 Å². The van der Waals surface area contributed by atoms with E-state index in [1.807, 2.05) is 43.0 Å². The van der Waals surface area contributed by atoms with Gasteiger partial charge in [-0.1, -0.05) is 42.0 Å². The molecule has 1 aliphatic heterocycles. The molecule has 4 nitrogen and oxygen atoms in total. The maximum absolute atomic E-state index is 12.1. The molecule has 1 heterocycles. The van der Waals surface area contributed by atoms with Gasteiger partial charge in [-0.2, -0.15) is 0 Å². The summed E-state index contributed by atoms with van der Waals surface area (Å²) in [6.45, 7) is 4.61. The fraction of sp³-hybridized carbons (Fsp3) is 0.368. The second kappa shape index (κ2) is 7.77. The third kappa shape index (κ3) is 4.55. The standard InChI is InChI=1S/C19H23NO3/c1-14(2)6-5-8-16-10-11-18(21)20(16)13-12-15-7-3-4-9-17(15)19(22)23/h3-9,16H,10-13H2,1-2H3,(H,22,23)/b8-5+/t16-/m0/s1. The molecule has 0 radical (unpaired) electrons. The van der Waals surface area contributed by atoms with Crippen LogP contribution in [0.5, 0.6) is 0 Å². The van der Waals surface area contributed by atoms with Crippen molar-refractivity contribution in [2.75, 3.05) is 6.54 Å². The van der Waals surface area contributed by atoms with Crippen molar-refractivity contribution in [2.45, 2.75) is 39.2 Å². The average molecular weight is 313 g/mol. The number of allylic oxidation sites excluding steroid dienone is 3. The van der Waals surface area contributed by atoms with Crippen LogP contribution in [0.1, 0.15) is 42.6 Å². The lowest BCUT2D eigenvalue weighted by Gasteiger charge is -2.22. The highest BCUT2D eigenvalue weighted by Crippen LogP contribution is 2.21. The van der Waals surface area contributed by atoms with Gasteiger partial charge in [-0.15, -0.1) is 0 Å². The molecular weight excluding hydrogens is 290 g/mol. The maximum Gasteiger partial charge on any atom is 0.335 e. The third-order valence-corrected chi connectivity index (χ3v) is 4.01. The highest BCUT2D eigenvalue weighted by Gasteiger charge is 2.28. The minimum absolute atomic E-state index is 0.107. The van der Waals surface area contributed by atoms with Crippen LogP contribution in [0, 0.1) is 0 Å². The predicted octanol–water partition coefficient (Wildman–Crippen LogP) is 3.44. The van der Waals surface area contributed by atoms with Crippen LogP contribution in [-0.4, -0.2) is 34.5 Å². The summed E-state index contributed by atoms with van der Waals surface area (Å²) in [5, 5.41) is 9.23.